The van der Waals surface area contributed by atoms with E-state index in [4.69, 9.17) is 9.47 Å². The van der Waals surface area contributed by atoms with E-state index in [2.05, 4.69) is 68.8 Å². The lowest BCUT2D eigenvalue weighted by Gasteiger charge is -2.39. The molecule has 9 nitrogen and oxygen atoms in total. The second-order valence-corrected chi connectivity index (χ2v) is 11.4. The fourth-order valence-electron chi connectivity index (χ4n) is 6.27. The summed E-state index contributed by atoms with van der Waals surface area (Å²) in [6, 6.07) is 20.7. The molecule has 0 saturated carbocycles. The zero-order valence-electron chi connectivity index (χ0n) is 24.6. The second kappa shape index (κ2) is 11.9. The molecule has 2 saturated heterocycles. The molecule has 1 spiro atoms. The molecule has 1 amide bonds. The monoisotopic (exact) mass is 566 g/mol. The van der Waals surface area contributed by atoms with Crippen LogP contribution in [0.4, 0.5) is 5.69 Å². The molecule has 3 heterocycles. The highest BCUT2D eigenvalue weighted by molar-refractivity contribution is 5.96. The Labute approximate surface area is 246 Å². The van der Waals surface area contributed by atoms with E-state index in [1.807, 2.05) is 43.0 Å². The van der Waals surface area contributed by atoms with E-state index in [0.717, 1.165) is 72.9 Å². The van der Waals surface area contributed by atoms with Gasteiger partial charge >= 0.3 is 0 Å². The number of H-pyrrole nitrogens is 1. The Morgan fingerprint density at radius 3 is 2.14 bits per heavy atom. The highest BCUT2D eigenvalue weighted by Gasteiger charge is 2.45. The van der Waals surface area contributed by atoms with Crippen LogP contribution < -0.4 is 14.4 Å². The molecular formula is C33H38N6O3. The number of likely N-dealkylation sites (tertiary alicyclic amines) is 1. The van der Waals surface area contributed by atoms with E-state index in [1.165, 1.54) is 11.1 Å². The number of ether oxygens (including phenoxy) is 2. The summed E-state index contributed by atoms with van der Waals surface area (Å²) in [4.78, 5) is 17.6. The zero-order valence-corrected chi connectivity index (χ0v) is 24.6. The smallest absolute Gasteiger partial charge is 0.227 e. The topological polar surface area (TPSA) is 96.5 Å². The number of hydrogen-bond donors (Lipinski definition) is 1. The average Bonchev–Trinajstić information content (AvgIpc) is 3.64. The number of amides is 1. The van der Waals surface area contributed by atoms with Crippen molar-refractivity contribution in [3.63, 3.8) is 0 Å². The van der Waals surface area contributed by atoms with Crippen LogP contribution in [0, 0.1) is 12.3 Å². The molecule has 42 heavy (non-hydrogen) atoms. The molecule has 6 rings (SSSR count). The number of aromatic amines is 1. The SMILES string of the molecule is CCOc1cc(CN2CCC3(CC2)CC(=O)N(c2ccc(-c4nnn[nH]4)cc2)C3)cc(OCC)c1-c1ccc(C)cc1. The Bertz CT molecular complexity index is 1480. The van der Waals surface area contributed by atoms with E-state index >= 15 is 0 Å². The summed E-state index contributed by atoms with van der Waals surface area (Å²) in [7, 11) is 0. The van der Waals surface area contributed by atoms with E-state index < -0.39 is 0 Å². The Balaban J connectivity index is 1.14. The number of carbonyl (C=O) groups is 1. The number of piperidine rings is 1. The van der Waals surface area contributed by atoms with Crippen molar-refractivity contribution in [3.05, 3.63) is 71.8 Å². The zero-order chi connectivity index (χ0) is 29.1. The standard InChI is InChI=1S/C33H38N6O3/c1-4-41-28-18-24(19-29(42-5-2)31(28)25-8-6-23(3)7-9-25)21-38-16-14-33(15-17-38)20-30(40)39(22-33)27-12-10-26(11-13-27)32-34-36-37-35-32/h6-13,18-19H,4-5,14-17,20-22H2,1-3H3,(H,34,35,36,37). The Hall–Kier alpha value is -4.24. The summed E-state index contributed by atoms with van der Waals surface area (Å²) < 4.78 is 12.3. The van der Waals surface area contributed by atoms with Gasteiger partial charge in [-0.05, 0) is 110 Å². The third kappa shape index (κ3) is 5.74. The van der Waals surface area contributed by atoms with E-state index in [1.54, 1.807) is 0 Å². The van der Waals surface area contributed by atoms with Crippen LogP contribution in [-0.4, -0.2) is 64.3 Å². The van der Waals surface area contributed by atoms with Crippen LogP contribution >= 0.6 is 0 Å². The minimum absolute atomic E-state index is 0.0172. The molecule has 0 aliphatic carbocycles. The first kappa shape index (κ1) is 27.9. The predicted octanol–water partition coefficient (Wildman–Crippen LogP) is 5.66. The third-order valence-corrected chi connectivity index (χ3v) is 8.51. The molecule has 0 radical (unpaired) electrons. The number of tetrazole rings is 1. The van der Waals surface area contributed by atoms with Gasteiger partial charge in [0.15, 0.2) is 5.82 Å². The van der Waals surface area contributed by atoms with Crippen LogP contribution in [0.2, 0.25) is 0 Å². The van der Waals surface area contributed by atoms with Crippen LogP contribution in [0.25, 0.3) is 22.5 Å². The van der Waals surface area contributed by atoms with Crippen molar-refractivity contribution in [1.29, 1.82) is 0 Å². The lowest BCUT2D eigenvalue weighted by atomic mass is 9.77. The maximum Gasteiger partial charge on any atom is 0.227 e. The van der Waals surface area contributed by atoms with Gasteiger partial charge < -0.3 is 14.4 Å². The van der Waals surface area contributed by atoms with Crippen LogP contribution in [0.5, 0.6) is 11.5 Å². The van der Waals surface area contributed by atoms with Crippen molar-refractivity contribution < 1.29 is 14.3 Å². The lowest BCUT2D eigenvalue weighted by molar-refractivity contribution is -0.118. The Kier molecular flexibility index (Phi) is 7.93. The number of hydrogen-bond acceptors (Lipinski definition) is 7. The largest absolute Gasteiger partial charge is 0.493 e. The normalized spacial score (nSPS) is 16.7. The number of aryl methyl sites for hydroxylation is 1. The van der Waals surface area contributed by atoms with Crippen molar-refractivity contribution in [1.82, 2.24) is 25.5 Å². The number of aromatic nitrogens is 4. The molecule has 3 aromatic carbocycles. The maximum atomic E-state index is 13.1. The molecule has 0 unspecified atom stereocenters. The molecule has 2 fully saturated rings. The van der Waals surface area contributed by atoms with Crippen LogP contribution in [0.15, 0.2) is 60.7 Å². The predicted molar refractivity (Wildman–Crippen MR) is 162 cm³/mol. The van der Waals surface area contributed by atoms with Crippen LogP contribution in [-0.2, 0) is 11.3 Å². The summed E-state index contributed by atoms with van der Waals surface area (Å²) in [6.45, 7) is 10.8. The minimum atomic E-state index is 0.0172. The summed E-state index contributed by atoms with van der Waals surface area (Å²) in [5, 5.41) is 14.0. The van der Waals surface area contributed by atoms with Crippen molar-refractivity contribution in [2.45, 2.75) is 46.6 Å². The lowest BCUT2D eigenvalue weighted by Crippen LogP contribution is -2.41. The summed E-state index contributed by atoms with van der Waals surface area (Å²) in [5.41, 5.74) is 6.35. The summed E-state index contributed by atoms with van der Waals surface area (Å²) >= 11 is 0. The van der Waals surface area contributed by atoms with Crippen molar-refractivity contribution in [3.8, 4) is 34.0 Å². The average molecular weight is 567 g/mol. The molecular weight excluding hydrogens is 528 g/mol. The number of nitrogens with zero attached hydrogens (tertiary/aromatic N) is 5. The number of rotatable bonds is 9. The summed E-state index contributed by atoms with van der Waals surface area (Å²) in [6.07, 6.45) is 2.59. The number of nitrogens with one attached hydrogen (secondary N) is 1. The highest BCUT2D eigenvalue weighted by atomic mass is 16.5. The molecule has 4 aromatic rings. The van der Waals surface area contributed by atoms with Gasteiger partial charge in [-0.2, -0.15) is 0 Å². The fraction of sp³-hybridized carbons (Fsp3) is 0.394. The van der Waals surface area contributed by atoms with Gasteiger partial charge in [0.1, 0.15) is 11.5 Å². The number of benzene rings is 3. The first-order chi connectivity index (χ1) is 20.5. The van der Waals surface area contributed by atoms with Gasteiger partial charge in [-0.15, -0.1) is 5.10 Å². The molecule has 9 heteroatoms. The fourth-order valence-corrected chi connectivity index (χ4v) is 6.27. The molecule has 2 aliphatic heterocycles. The van der Waals surface area contributed by atoms with E-state index in [9.17, 15) is 4.79 Å². The molecule has 218 valence electrons. The maximum absolute atomic E-state index is 13.1. The second-order valence-electron chi connectivity index (χ2n) is 11.4. The summed E-state index contributed by atoms with van der Waals surface area (Å²) in [5.74, 6) is 2.54. The van der Waals surface area contributed by atoms with Crippen LogP contribution in [0.1, 0.15) is 44.2 Å². The van der Waals surface area contributed by atoms with Gasteiger partial charge in [-0.25, -0.2) is 5.10 Å². The number of anilines is 1. The van der Waals surface area contributed by atoms with E-state index in [0.29, 0.717) is 25.5 Å². The molecule has 0 bridgehead atoms. The van der Waals surface area contributed by atoms with Gasteiger partial charge in [-0.3, -0.25) is 9.69 Å². The minimum Gasteiger partial charge on any atom is -0.493 e. The first-order valence-electron chi connectivity index (χ1n) is 14.8. The van der Waals surface area contributed by atoms with Crippen molar-refractivity contribution in [2.75, 3.05) is 37.7 Å². The number of carbonyl (C=O) groups excluding carboxylic acids is 1. The van der Waals surface area contributed by atoms with Crippen LogP contribution in [0.3, 0.4) is 0 Å². The third-order valence-electron chi connectivity index (χ3n) is 8.51. The van der Waals surface area contributed by atoms with E-state index in [-0.39, 0.29) is 11.3 Å². The van der Waals surface area contributed by atoms with Gasteiger partial charge in [0.25, 0.3) is 0 Å². The highest BCUT2D eigenvalue weighted by Crippen LogP contribution is 2.44. The van der Waals surface area contributed by atoms with Gasteiger partial charge in [-0.1, -0.05) is 29.8 Å². The Morgan fingerprint density at radius 1 is 0.905 bits per heavy atom. The van der Waals surface area contributed by atoms with Crippen molar-refractivity contribution in [2.24, 2.45) is 5.41 Å². The van der Waals surface area contributed by atoms with Gasteiger partial charge in [0.05, 0.1) is 18.8 Å². The molecule has 1 N–H and O–H groups in total. The van der Waals surface area contributed by atoms with Gasteiger partial charge in [0.2, 0.25) is 5.91 Å². The first-order valence-corrected chi connectivity index (χ1v) is 14.8. The van der Waals surface area contributed by atoms with Gasteiger partial charge in [0, 0.05) is 30.8 Å². The Morgan fingerprint density at radius 2 is 1.55 bits per heavy atom. The molecule has 1 aromatic heterocycles. The quantitative estimate of drug-likeness (QED) is 0.279. The van der Waals surface area contributed by atoms with Crippen molar-refractivity contribution >= 4 is 11.6 Å². The molecule has 2 aliphatic rings. The molecule has 0 atom stereocenters.